The van der Waals surface area contributed by atoms with Gasteiger partial charge in [-0.3, -0.25) is 4.79 Å². The van der Waals surface area contributed by atoms with Gasteiger partial charge in [-0.25, -0.2) is 0 Å². The fourth-order valence-corrected chi connectivity index (χ4v) is 2.96. The van der Waals surface area contributed by atoms with E-state index in [9.17, 15) is 4.79 Å². The quantitative estimate of drug-likeness (QED) is 0.797. The highest BCUT2D eigenvalue weighted by atomic mass is 35.5. The molecule has 0 aromatic heterocycles. The van der Waals surface area contributed by atoms with E-state index in [1.54, 1.807) is 0 Å². The van der Waals surface area contributed by atoms with E-state index in [2.05, 4.69) is 24.1 Å². The summed E-state index contributed by atoms with van der Waals surface area (Å²) < 4.78 is 0. The third-order valence-corrected chi connectivity index (χ3v) is 4.30. The van der Waals surface area contributed by atoms with Gasteiger partial charge in [0.25, 0.3) is 0 Å². The van der Waals surface area contributed by atoms with Gasteiger partial charge < -0.3 is 10.2 Å². The van der Waals surface area contributed by atoms with E-state index in [-0.39, 0.29) is 18.3 Å². The summed E-state index contributed by atoms with van der Waals surface area (Å²) in [5, 5.41) is 3.34. The summed E-state index contributed by atoms with van der Waals surface area (Å²) in [5.41, 5.74) is 0.417. The SMILES string of the molecule is CC1(C)CCCN(C(=O)[C@@H]2CCCNC2)CC1.Cl. The number of nitrogens with zero attached hydrogens (tertiary/aromatic N) is 1. The molecular formula is C14H27ClN2O. The first kappa shape index (κ1) is 15.8. The molecule has 0 saturated carbocycles. The van der Waals surface area contributed by atoms with Crippen molar-refractivity contribution in [2.75, 3.05) is 26.2 Å². The number of hydrogen-bond donors (Lipinski definition) is 1. The number of carbonyl (C=O) groups excluding carboxylic acids is 1. The first-order chi connectivity index (χ1) is 8.08. The third kappa shape index (κ3) is 4.13. The van der Waals surface area contributed by atoms with Gasteiger partial charge in [0.1, 0.15) is 0 Å². The van der Waals surface area contributed by atoms with Crippen molar-refractivity contribution in [3.63, 3.8) is 0 Å². The van der Waals surface area contributed by atoms with E-state index in [0.717, 1.165) is 45.4 Å². The van der Waals surface area contributed by atoms with Crippen molar-refractivity contribution >= 4 is 18.3 Å². The second kappa shape index (κ2) is 6.76. The topological polar surface area (TPSA) is 32.3 Å². The Labute approximate surface area is 117 Å². The summed E-state index contributed by atoms with van der Waals surface area (Å²) in [5.74, 6) is 0.639. The van der Waals surface area contributed by atoms with Crippen LogP contribution in [-0.4, -0.2) is 37.0 Å². The average Bonchev–Trinajstić information content (AvgIpc) is 2.50. The monoisotopic (exact) mass is 274 g/mol. The van der Waals surface area contributed by atoms with Gasteiger partial charge in [0.2, 0.25) is 5.91 Å². The van der Waals surface area contributed by atoms with Crippen LogP contribution in [0.15, 0.2) is 0 Å². The van der Waals surface area contributed by atoms with Crippen LogP contribution in [0, 0.1) is 11.3 Å². The molecule has 1 atom stereocenters. The standard InChI is InChI=1S/C14H26N2O.ClH/c1-14(2)6-4-9-16(10-7-14)13(17)12-5-3-8-15-11-12;/h12,15H,3-11H2,1-2H3;1H/t12-;/m1./s1. The molecule has 2 heterocycles. The zero-order chi connectivity index (χ0) is 12.3. The molecule has 2 aliphatic rings. The van der Waals surface area contributed by atoms with Gasteiger partial charge in [0.15, 0.2) is 0 Å². The Bertz CT molecular complexity index is 275. The first-order valence-corrected chi connectivity index (χ1v) is 7.08. The predicted molar refractivity (Wildman–Crippen MR) is 77.1 cm³/mol. The number of hydrogen-bond acceptors (Lipinski definition) is 2. The summed E-state index contributed by atoms with van der Waals surface area (Å²) in [7, 11) is 0. The van der Waals surface area contributed by atoms with Crippen molar-refractivity contribution in [2.45, 2.75) is 46.0 Å². The minimum Gasteiger partial charge on any atom is -0.342 e. The van der Waals surface area contributed by atoms with Gasteiger partial charge in [-0.2, -0.15) is 0 Å². The number of piperidine rings is 1. The zero-order valence-electron chi connectivity index (χ0n) is 11.7. The lowest BCUT2D eigenvalue weighted by Gasteiger charge is -2.29. The minimum absolute atomic E-state index is 0. The lowest BCUT2D eigenvalue weighted by atomic mass is 9.85. The molecular weight excluding hydrogens is 248 g/mol. The summed E-state index contributed by atoms with van der Waals surface area (Å²) >= 11 is 0. The molecule has 0 unspecified atom stereocenters. The van der Waals surface area contributed by atoms with E-state index in [4.69, 9.17) is 0 Å². The van der Waals surface area contributed by atoms with Crippen molar-refractivity contribution in [1.82, 2.24) is 10.2 Å². The van der Waals surface area contributed by atoms with Crippen molar-refractivity contribution in [3.8, 4) is 0 Å². The normalized spacial score (nSPS) is 28.1. The Balaban J connectivity index is 0.00000162. The van der Waals surface area contributed by atoms with Crippen LogP contribution >= 0.6 is 12.4 Å². The Hall–Kier alpha value is -0.280. The maximum absolute atomic E-state index is 12.4. The Morgan fingerprint density at radius 2 is 2.00 bits per heavy atom. The largest absolute Gasteiger partial charge is 0.342 e. The number of nitrogens with one attached hydrogen (secondary N) is 1. The van der Waals surface area contributed by atoms with Gasteiger partial charge in [0.05, 0.1) is 5.92 Å². The first-order valence-electron chi connectivity index (χ1n) is 7.08. The number of halogens is 1. The van der Waals surface area contributed by atoms with Crippen molar-refractivity contribution in [1.29, 1.82) is 0 Å². The van der Waals surface area contributed by atoms with Gasteiger partial charge in [-0.05, 0) is 44.1 Å². The molecule has 2 saturated heterocycles. The van der Waals surface area contributed by atoms with Gasteiger partial charge in [0, 0.05) is 19.6 Å². The Morgan fingerprint density at radius 1 is 1.22 bits per heavy atom. The van der Waals surface area contributed by atoms with Crippen molar-refractivity contribution < 1.29 is 4.79 Å². The Morgan fingerprint density at radius 3 is 2.67 bits per heavy atom. The number of amides is 1. The molecule has 2 aliphatic heterocycles. The second-order valence-corrected chi connectivity index (χ2v) is 6.39. The third-order valence-electron chi connectivity index (χ3n) is 4.30. The lowest BCUT2D eigenvalue weighted by molar-refractivity contribution is -0.136. The number of rotatable bonds is 1. The highest BCUT2D eigenvalue weighted by Crippen LogP contribution is 2.30. The molecule has 0 aromatic carbocycles. The molecule has 4 heteroatoms. The zero-order valence-corrected chi connectivity index (χ0v) is 12.5. The molecule has 0 bridgehead atoms. The summed E-state index contributed by atoms with van der Waals surface area (Å²) in [6.07, 6.45) is 5.79. The van der Waals surface area contributed by atoms with Crippen LogP contribution in [0.2, 0.25) is 0 Å². The maximum atomic E-state index is 12.4. The fourth-order valence-electron chi connectivity index (χ4n) is 2.96. The van der Waals surface area contributed by atoms with E-state index >= 15 is 0 Å². The van der Waals surface area contributed by atoms with Crippen LogP contribution in [0.5, 0.6) is 0 Å². The Kier molecular flexibility index (Phi) is 5.93. The molecule has 3 nitrogen and oxygen atoms in total. The highest BCUT2D eigenvalue weighted by molar-refractivity contribution is 5.85. The van der Waals surface area contributed by atoms with Crippen LogP contribution in [0.1, 0.15) is 46.0 Å². The molecule has 1 N–H and O–H groups in total. The minimum atomic E-state index is 0. The molecule has 0 aliphatic carbocycles. The van der Waals surface area contributed by atoms with Crippen LogP contribution in [0.4, 0.5) is 0 Å². The average molecular weight is 275 g/mol. The molecule has 2 fully saturated rings. The van der Waals surface area contributed by atoms with E-state index in [0.29, 0.717) is 11.3 Å². The molecule has 106 valence electrons. The van der Waals surface area contributed by atoms with Crippen LogP contribution in [0.25, 0.3) is 0 Å². The van der Waals surface area contributed by atoms with Gasteiger partial charge in [-0.15, -0.1) is 12.4 Å². The van der Waals surface area contributed by atoms with Crippen LogP contribution in [0.3, 0.4) is 0 Å². The summed E-state index contributed by atoms with van der Waals surface area (Å²) in [6.45, 7) is 8.54. The molecule has 0 radical (unpaired) electrons. The smallest absolute Gasteiger partial charge is 0.226 e. The second-order valence-electron chi connectivity index (χ2n) is 6.39. The maximum Gasteiger partial charge on any atom is 0.226 e. The number of likely N-dealkylation sites (tertiary alicyclic amines) is 1. The lowest BCUT2D eigenvalue weighted by Crippen LogP contribution is -2.43. The number of carbonyl (C=O) groups is 1. The predicted octanol–water partition coefficient (Wildman–Crippen LogP) is 2.45. The highest BCUT2D eigenvalue weighted by Gasteiger charge is 2.29. The van der Waals surface area contributed by atoms with Crippen LogP contribution in [-0.2, 0) is 4.79 Å². The molecule has 18 heavy (non-hydrogen) atoms. The molecule has 0 aromatic rings. The van der Waals surface area contributed by atoms with Crippen LogP contribution < -0.4 is 5.32 Å². The molecule has 0 spiro atoms. The van der Waals surface area contributed by atoms with E-state index < -0.39 is 0 Å². The van der Waals surface area contributed by atoms with Crippen molar-refractivity contribution in [3.05, 3.63) is 0 Å². The summed E-state index contributed by atoms with van der Waals surface area (Å²) in [6, 6.07) is 0. The van der Waals surface area contributed by atoms with Gasteiger partial charge in [-0.1, -0.05) is 13.8 Å². The van der Waals surface area contributed by atoms with E-state index in [1.807, 2.05) is 0 Å². The van der Waals surface area contributed by atoms with E-state index in [1.165, 1.54) is 12.8 Å². The summed E-state index contributed by atoms with van der Waals surface area (Å²) in [4.78, 5) is 14.5. The van der Waals surface area contributed by atoms with Crippen molar-refractivity contribution in [2.24, 2.45) is 11.3 Å². The molecule has 1 amide bonds. The van der Waals surface area contributed by atoms with Gasteiger partial charge >= 0.3 is 0 Å². The fraction of sp³-hybridized carbons (Fsp3) is 0.929. The molecule has 2 rings (SSSR count).